The van der Waals surface area contributed by atoms with E-state index in [1.807, 2.05) is 6.20 Å². The molecule has 0 amide bonds. The molecule has 1 saturated carbocycles. The Morgan fingerprint density at radius 1 is 1.29 bits per heavy atom. The molecule has 4 nitrogen and oxygen atoms in total. The van der Waals surface area contributed by atoms with Gasteiger partial charge in [-0.2, -0.15) is 0 Å². The van der Waals surface area contributed by atoms with E-state index in [4.69, 9.17) is 4.74 Å². The van der Waals surface area contributed by atoms with Gasteiger partial charge in [0.25, 0.3) is 0 Å². The van der Waals surface area contributed by atoms with Gasteiger partial charge < -0.3 is 4.74 Å². The molecule has 0 unspecified atom stereocenters. The number of thiazole rings is 1. The van der Waals surface area contributed by atoms with E-state index < -0.39 is 0 Å². The minimum Gasteiger partial charge on any atom is -0.379 e. The second kappa shape index (κ2) is 7.18. The monoisotopic (exact) mass is 309 g/mol. The molecule has 5 heteroatoms. The molecule has 0 aromatic carbocycles. The molecule has 0 atom stereocenters. The number of rotatable bonds is 5. The third kappa shape index (κ3) is 3.83. The molecule has 1 aliphatic heterocycles. The van der Waals surface area contributed by atoms with Crippen molar-refractivity contribution in [2.45, 2.75) is 44.2 Å². The van der Waals surface area contributed by atoms with Crippen molar-refractivity contribution in [2.24, 2.45) is 0 Å². The van der Waals surface area contributed by atoms with Gasteiger partial charge in [-0.05, 0) is 19.9 Å². The van der Waals surface area contributed by atoms with E-state index >= 15 is 0 Å². The molecule has 1 aromatic rings. The van der Waals surface area contributed by atoms with Crippen LogP contribution in [0, 0.1) is 0 Å². The standard InChI is InChI=1S/C16H27N3OS/c1-18(13-15-17-7-12-21-15)14-16(5-3-2-4-6-16)19-8-10-20-11-9-19/h7,12H,2-6,8-11,13-14H2,1H3. The van der Waals surface area contributed by atoms with E-state index in [2.05, 4.69) is 27.2 Å². The van der Waals surface area contributed by atoms with Crippen LogP contribution in [0.4, 0.5) is 0 Å². The van der Waals surface area contributed by atoms with E-state index in [0.29, 0.717) is 5.54 Å². The predicted octanol–water partition coefficient (Wildman–Crippen LogP) is 2.61. The summed E-state index contributed by atoms with van der Waals surface area (Å²) < 4.78 is 5.56. The largest absolute Gasteiger partial charge is 0.379 e. The fourth-order valence-electron chi connectivity index (χ4n) is 3.94. The maximum Gasteiger partial charge on any atom is 0.107 e. The van der Waals surface area contributed by atoms with Crippen LogP contribution in [0.25, 0.3) is 0 Å². The number of hydrogen-bond acceptors (Lipinski definition) is 5. The minimum atomic E-state index is 0.369. The van der Waals surface area contributed by atoms with Gasteiger partial charge in [-0.25, -0.2) is 4.98 Å². The van der Waals surface area contributed by atoms with Gasteiger partial charge in [-0.3, -0.25) is 9.80 Å². The Labute approximate surface area is 132 Å². The smallest absolute Gasteiger partial charge is 0.107 e. The summed E-state index contributed by atoms with van der Waals surface area (Å²) in [5.74, 6) is 0. The van der Waals surface area contributed by atoms with Crippen LogP contribution in [0.5, 0.6) is 0 Å². The molecule has 2 aliphatic rings. The Balaban J connectivity index is 1.66. The molecule has 0 bridgehead atoms. The summed E-state index contributed by atoms with van der Waals surface area (Å²) in [7, 11) is 2.25. The summed E-state index contributed by atoms with van der Waals surface area (Å²) in [6, 6.07) is 0. The van der Waals surface area contributed by atoms with Gasteiger partial charge in [0.05, 0.1) is 19.8 Å². The molecular formula is C16H27N3OS. The lowest BCUT2D eigenvalue weighted by Gasteiger charge is -2.49. The molecule has 2 heterocycles. The third-order valence-electron chi connectivity index (χ3n) is 4.92. The van der Waals surface area contributed by atoms with E-state index in [-0.39, 0.29) is 0 Å². The van der Waals surface area contributed by atoms with Crippen LogP contribution < -0.4 is 0 Å². The van der Waals surface area contributed by atoms with Crippen LogP contribution in [0.15, 0.2) is 11.6 Å². The first-order chi connectivity index (χ1) is 10.3. The summed E-state index contributed by atoms with van der Waals surface area (Å²) in [5, 5.41) is 3.30. The molecule has 0 radical (unpaired) electrons. The lowest BCUT2D eigenvalue weighted by Crippen LogP contribution is -2.59. The van der Waals surface area contributed by atoms with Gasteiger partial charge in [-0.15, -0.1) is 11.3 Å². The van der Waals surface area contributed by atoms with Gasteiger partial charge in [0.1, 0.15) is 5.01 Å². The van der Waals surface area contributed by atoms with Gasteiger partial charge in [0.15, 0.2) is 0 Å². The Morgan fingerprint density at radius 3 is 2.71 bits per heavy atom. The third-order valence-corrected chi connectivity index (χ3v) is 5.68. The zero-order valence-corrected chi connectivity index (χ0v) is 13.9. The second-order valence-electron chi connectivity index (χ2n) is 6.48. The first-order valence-corrected chi connectivity index (χ1v) is 9.06. The normalized spacial score (nSPS) is 23.5. The van der Waals surface area contributed by atoms with Crippen molar-refractivity contribution in [3.05, 3.63) is 16.6 Å². The molecule has 0 spiro atoms. The van der Waals surface area contributed by atoms with Crippen molar-refractivity contribution in [1.82, 2.24) is 14.8 Å². The van der Waals surface area contributed by atoms with Crippen LogP contribution in [-0.2, 0) is 11.3 Å². The van der Waals surface area contributed by atoms with Crippen molar-refractivity contribution in [2.75, 3.05) is 39.9 Å². The van der Waals surface area contributed by atoms with Crippen LogP contribution in [-0.4, -0.2) is 60.2 Å². The zero-order valence-electron chi connectivity index (χ0n) is 13.1. The predicted molar refractivity (Wildman–Crippen MR) is 86.7 cm³/mol. The maximum atomic E-state index is 5.56. The Hall–Kier alpha value is -0.490. The van der Waals surface area contributed by atoms with E-state index in [1.54, 1.807) is 11.3 Å². The first kappa shape index (κ1) is 15.4. The average Bonchev–Trinajstić information content (AvgIpc) is 3.02. The van der Waals surface area contributed by atoms with E-state index in [0.717, 1.165) is 39.4 Å². The van der Waals surface area contributed by atoms with Gasteiger partial charge in [0, 0.05) is 36.8 Å². The first-order valence-electron chi connectivity index (χ1n) is 8.18. The number of ether oxygens (including phenoxy) is 1. The number of likely N-dealkylation sites (N-methyl/N-ethyl adjacent to an activating group) is 1. The highest BCUT2D eigenvalue weighted by Gasteiger charge is 2.39. The fourth-order valence-corrected chi connectivity index (χ4v) is 4.64. The van der Waals surface area contributed by atoms with Crippen molar-refractivity contribution < 1.29 is 4.74 Å². The number of aromatic nitrogens is 1. The Bertz CT molecular complexity index is 411. The maximum absolute atomic E-state index is 5.56. The van der Waals surface area contributed by atoms with Crippen molar-refractivity contribution in [3.63, 3.8) is 0 Å². The molecule has 1 aliphatic carbocycles. The van der Waals surface area contributed by atoms with Gasteiger partial charge in [0.2, 0.25) is 0 Å². The highest BCUT2D eigenvalue weighted by Crippen LogP contribution is 2.35. The van der Waals surface area contributed by atoms with E-state index in [1.165, 1.54) is 37.1 Å². The molecule has 2 fully saturated rings. The van der Waals surface area contributed by atoms with Crippen LogP contribution >= 0.6 is 11.3 Å². The topological polar surface area (TPSA) is 28.6 Å². The Morgan fingerprint density at radius 2 is 2.05 bits per heavy atom. The fraction of sp³-hybridized carbons (Fsp3) is 0.812. The van der Waals surface area contributed by atoms with Crippen LogP contribution in [0.3, 0.4) is 0 Å². The average molecular weight is 309 g/mol. The molecule has 1 saturated heterocycles. The lowest BCUT2D eigenvalue weighted by atomic mass is 9.79. The quantitative estimate of drug-likeness (QED) is 0.836. The number of nitrogens with zero attached hydrogens (tertiary/aromatic N) is 3. The highest BCUT2D eigenvalue weighted by atomic mass is 32.1. The molecule has 21 heavy (non-hydrogen) atoms. The molecular weight excluding hydrogens is 282 g/mol. The van der Waals surface area contributed by atoms with Gasteiger partial charge >= 0.3 is 0 Å². The van der Waals surface area contributed by atoms with Crippen molar-refractivity contribution >= 4 is 11.3 Å². The highest BCUT2D eigenvalue weighted by molar-refractivity contribution is 7.09. The number of hydrogen-bond donors (Lipinski definition) is 0. The minimum absolute atomic E-state index is 0.369. The second-order valence-corrected chi connectivity index (χ2v) is 7.46. The molecule has 3 rings (SSSR count). The van der Waals surface area contributed by atoms with Crippen LogP contribution in [0.2, 0.25) is 0 Å². The van der Waals surface area contributed by atoms with Crippen LogP contribution in [0.1, 0.15) is 37.1 Å². The van der Waals surface area contributed by atoms with Crippen molar-refractivity contribution in [3.8, 4) is 0 Å². The van der Waals surface area contributed by atoms with Crippen molar-refractivity contribution in [1.29, 1.82) is 0 Å². The summed E-state index contributed by atoms with van der Waals surface area (Å²) in [4.78, 5) is 9.62. The lowest BCUT2D eigenvalue weighted by molar-refractivity contribution is -0.0491. The SMILES string of the molecule is CN(Cc1nccs1)CC1(N2CCOCC2)CCCCC1. The molecule has 118 valence electrons. The van der Waals surface area contributed by atoms with Gasteiger partial charge in [-0.1, -0.05) is 19.3 Å². The molecule has 1 aromatic heterocycles. The Kier molecular flexibility index (Phi) is 5.27. The van der Waals surface area contributed by atoms with E-state index in [9.17, 15) is 0 Å². The summed E-state index contributed by atoms with van der Waals surface area (Å²) in [6.45, 7) is 6.14. The molecule has 0 N–H and O–H groups in total. The summed E-state index contributed by atoms with van der Waals surface area (Å²) >= 11 is 1.76. The zero-order chi connectivity index (χ0) is 14.5. The summed E-state index contributed by atoms with van der Waals surface area (Å²) in [5.41, 5.74) is 0.369. The summed E-state index contributed by atoms with van der Waals surface area (Å²) in [6.07, 6.45) is 8.75. The number of morpholine rings is 1.